The highest BCUT2D eigenvalue weighted by molar-refractivity contribution is 5.87. The lowest BCUT2D eigenvalue weighted by molar-refractivity contribution is 0.0295. The smallest absolute Gasteiger partial charge is 0.386 e. The molecule has 2 aliphatic carbocycles. The molecular weight excluding hydrogens is 472 g/mol. The van der Waals surface area contributed by atoms with Gasteiger partial charge in [-0.2, -0.15) is 4.98 Å². The molecular formula is C26H34N8O3. The maximum Gasteiger partial charge on any atom is 0.439 e. The Morgan fingerprint density at radius 2 is 1.97 bits per heavy atom. The molecule has 0 amide bonds. The van der Waals surface area contributed by atoms with Gasteiger partial charge in [-0.15, -0.1) is 12.3 Å². The molecule has 1 saturated heterocycles. The molecule has 0 spiro atoms. The summed E-state index contributed by atoms with van der Waals surface area (Å²) in [7, 11) is 0. The Morgan fingerprint density at radius 3 is 2.57 bits per heavy atom. The zero-order valence-corrected chi connectivity index (χ0v) is 21.4. The van der Waals surface area contributed by atoms with Crippen molar-refractivity contribution in [3.8, 4) is 24.0 Å². The van der Waals surface area contributed by atoms with Crippen LogP contribution in [0.15, 0.2) is 9.32 Å². The van der Waals surface area contributed by atoms with E-state index >= 15 is 0 Å². The fourth-order valence-corrected chi connectivity index (χ4v) is 5.93. The van der Waals surface area contributed by atoms with Crippen LogP contribution in [0.5, 0.6) is 0 Å². The van der Waals surface area contributed by atoms with E-state index in [1.54, 1.807) is 0 Å². The van der Waals surface area contributed by atoms with Crippen LogP contribution in [0.1, 0.15) is 58.8 Å². The lowest BCUT2D eigenvalue weighted by Gasteiger charge is -2.45. The fourth-order valence-electron chi connectivity index (χ4n) is 5.93. The number of anilines is 2. The first-order valence-corrected chi connectivity index (χ1v) is 13.3. The molecule has 1 aliphatic heterocycles. The van der Waals surface area contributed by atoms with Gasteiger partial charge in [0.2, 0.25) is 17.6 Å². The first-order chi connectivity index (χ1) is 17.8. The Morgan fingerprint density at radius 1 is 1.22 bits per heavy atom. The van der Waals surface area contributed by atoms with Gasteiger partial charge in [0.15, 0.2) is 11.5 Å². The predicted octanol–water partition coefficient (Wildman–Crippen LogP) is 2.78. The Kier molecular flexibility index (Phi) is 5.94. The molecule has 6 rings (SSSR count). The molecule has 11 nitrogen and oxygen atoms in total. The summed E-state index contributed by atoms with van der Waals surface area (Å²) in [5.74, 6) is 5.54. The van der Waals surface area contributed by atoms with Gasteiger partial charge in [-0.1, -0.05) is 11.6 Å². The van der Waals surface area contributed by atoms with Gasteiger partial charge in [-0.3, -0.25) is 9.51 Å². The molecule has 4 heterocycles. The first-order valence-electron chi connectivity index (χ1n) is 13.3. The number of rotatable bonds is 7. The van der Waals surface area contributed by atoms with Crippen molar-refractivity contribution in [2.45, 2.75) is 77.0 Å². The molecule has 196 valence electrons. The third kappa shape index (κ3) is 4.59. The van der Waals surface area contributed by atoms with Crippen molar-refractivity contribution in [1.29, 1.82) is 0 Å². The molecule has 0 aromatic carbocycles. The number of nitrogens with one attached hydrogen (secondary N) is 2. The van der Waals surface area contributed by atoms with Gasteiger partial charge in [-0.05, 0) is 64.2 Å². The molecule has 0 radical (unpaired) electrons. The number of hydrogen-bond donors (Lipinski definition) is 3. The van der Waals surface area contributed by atoms with E-state index in [2.05, 4.69) is 37.8 Å². The number of hydrogen-bond acceptors (Lipinski definition) is 9. The lowest BCUT2D eigenvalue weighted by atomic mass is 9.80. The van der Waals surface area contributed by atoms with E-state index in [0.29, 0.717) is 42.3 Å². The monoisotopic (exact) mass is 506 g/mol. The molecule has 2 saturated carbocycles. The quantitative estimate of drug-likeness (QED) is 0.413. The van der Waals surface area contributed by atoms with Crippen LogP contribution in [-0.4, -0.2) is 59.5 Å². The van der Waals surface area contributed by atoms with Crippen molar-refractivity contribution in [2.24, 2.45) is 17.8 Å². The summed E-state index contributed by atoms with van der Waals surface area (Å²) in [6, 6.07) is 0.221. The molecule has 11 heteroatoms. The van der Waals surface area contributed by atoms with Crippen molar-refractivity contribution >= 4 is 22.9 Å². The highest BCUT2D eigenvalue weighted by Gasteiger charge is 2.40. The molecule has 0 unspecified atom stereocenters. The zero-order chi connectivity index (χ0) is 25.7. The third-order valence-electron chi connectivity index (χ3n) is 8.33. The van der Waals surface area contributed by atoms with E-state index in [1.165, 1.54) is 19.3 Å². The van der Waals surface area contributed by atoms with E-state index in [-0.39, 0.29) is 17.7 Å². The molecule has 3 aromatic heterocycles. The minimum absolute atomic E-state index is 0.168. The summed E-state index contributed by atoms with van der Waals surface area (Å²) in [5, 5.41) is 17.9. The lowest BCUT2D eigenvalue weighted by Crippen LogP contribution is -2.60. The van der Waals surface area contributed by atoms with Crippen LogP contribution in [0.4, 0.5) is 11.8 Å². The number of aromatic nitrogens is 6. The van der Waals surface area contributed by atoms with Crippen molar-refractivity contribution in [2.75, 3.05) is 23.3 Å². The summed E-state index contributed by atoms with van der Waals surface area (Å²) >= 11 is 0. The van der Waals surface area contributed by atoms with E-state index in [4.69, 9.17) is 25.9 Å². The summed E-state index contributed by atoms with van der Waals surface area (Å²) in [6.07, 6.45) is 13.5. The number of imidazole rings is 1. The number of terminal acetylenes is 1. The van der Waals surface area contributed by atoms with Crippen LogP contribution < -0.4 is 16.0 Å². The highest BCUT2D eigenvalue weighted by atomic mass is 16.5. The summed E-state index contributed by atoms with van der Waals surface area (Å²) < 4.78 is 6.93. The molecule has 3 aliphatic rings. The normalized spacial score (nSPS) is 24.3. The minimum atomic E-state index is -0.745. The van der Waals surface area contributed by atoms with Crippen LogP contribution in [-0.2, 0) is 6.54 Å². The van der Waals surface area contributed by atoms with Crippen molar-refractivity contribution < 1.29 is 9.63 Å². The standard InChI is InChI=1S/C26H34N8O3/c1-4-16-8-10-17(11-9-16)12-34-19-20(27-15(2)18-6-5-7-18)28-22(23-31-25(35)37-32-23)29-21(19)30-24(34)33-13-26(3,36)14-33/h1,15-18,36H,5-14H2,2-3H3,(H,27,28,29)(H,31,32,35)/t15-,16-,17-/m1/s1. The second-order valence-electron chi connectivity index (χ2n) is 11.4. The van der Waals surface area contributed by atoms with Crippen LogP contribution in [0.3, 0.4) is 0 Å². The van der Waals surface area contributed by atoms with Crippen LogP contribution in [0.25, 0.3) is 22.8 Å². The molecule has 3 N–H and O–H groups in total. The molecule has 1 atom stereocenters. The van der Waals surface area contributed by atoms with E-state index in [1.807, 2.05) is 6.92 Å². The van der Waals surface area contributed by atoms with Crippen LogP contribution >= 0.6 is 0 Å². The maximum atomic E-state index is 11.6. The average molecular weight is 507 g/mol. The number of nitrogens with zero attached hydrogens (tertiary/aromatic N) is 6. The van der Waals surface area contributed by atoms with Gasteiger partial charge in [-0.25, -0.2) is 14.8 Å². The van der Waals surface area contributed by atoms with Gasteiger partial charge in [0.05, 0.1) is 18.7 Å². The first kappa shape index (κ1) is 24.0. The number of β-amino-alcohol motifs (C(OH)–C–C–N with tert-alkyl or cyclic N) is 1. The van der Waals surface area contributed by atoms with Crippen LogP contribution in [0, 0.1) is 30.1 Å². The van der Waals surface area contributed by atoms with Crippen molar-refractivity contribution in [1.82, 2.24) is 29.7 Å². The largest absolute Gasteiger partial charge is 0.439 e. The number of fused-ring (bicyclic) bond motifs is 1. The SMILES string of the molecule is C#C[C@H]1CC[C@H](Cn2c(N3CC(C)(O)C3)nc3nc(-c4noc(=O)[nH]4)nc(N[C@H](C)C4CCC4)c32)CC1. The van der Waals surface area contributed by atoms with E-state index in [9.17, 15) is 9.90 Å². The molecule has 37 heavy (non-hydrogen) atoms. The van der Waals surface area contributed by atoms with Crippen LogP contribution in [0.2, 0.25) is 0 Å². The maximum absolute atomic E-state index is 11.6. The number of aliphatic hydroxyl groups is 1. The van der Waals surface area contributed by atoms with Crippen molar-refractivity contribution in [3.63, 3.8) is 0 Å². The second kappa shape index (κ2) is 9.17. The Hall–Kier alpha value is -3.39. The number of aromatic amines is 1. The summed E-state index contributed by atoms with van der Waals surface area (Å²) in [4.78, 5) is 30.7. The zero-order valence-electron chi connectivity index (χ0n) is 21.4. The average Bonchev–Trinajstić information content (AvgIpc) is 3.40. The summed E-state index contributed by atoms with van der Waals surface area (Å²) in [6.45, 7) is 5.79. The van der Waals surface area contributed by atoms with Gasteiger partial charge >= 0.3 is 5.76 Å². The predicted molar refractivity (Wildman–Crippen MR) is 139 cm³/mol. The second-order valence-corrected chi connectivity index (χ2v) is 11.4. The molecule has 0 bridgehead atoms. The van der Waals surface area contributed by atoms with Gasteiger partial charge in [0.1, 0.15) is 5.52 Å². The highest BCUT2D eigenvalue weighted by Crippen LogP contribution is 2.38. The Balaban J connectivity index is 1.44. The Labute approximate surface area is 215 Å². The third-order valence-corrected chi connectivity index (χ3v) is 8.33. The minimum Gasteiger partial charge on any atom is -0.386 e. The molecule has 3 aromatic rings. The summed E-state index contributed by atoms with van der Waals surface area (Å²) in [5.41, 5.74) is 0.613. The topological polar surface area (TPSA) is 138 Å². The van der Waals surface area contributed by atoms with E-state index < -0.39 is 11.4 Å². The Bertz CT molecular complexity index is 1380. The number of H-pyrrole nitrogens is 1. The molecule has 3 fully saturated rings. The fraction of sp³-hybridized carbons (Fsp3) is 0.654. The van der Waals surface area contributed by atoms with Gasteiger partial charge in [0.25, 0.3) is 0 Å². The van der Waals surface area contributed by atoms with E-state index in [0.717, 1.165) is 43.7 Å². The van der Waals surface area contributed by atoms with Crippen molar-refractivity contribution in [3.05, 3.63) is 10.6 Å². The van der Waals surface area contributed by atoms with Gasteiger partial charge in [0, 0.05) is 18.5 Å². The van der Waals surface area contributed by atoms with Gasteiger partial charge < -0.3 is 19.9 Å².